The lowest BCUT2D eigenvalue weighted by Crippen LogP contribution is -2.45. The van der Waals surface area contributed by atoms with E-state index in [9.17, 15) is 18.0 Å². The van der Waals surface area contributed by atoms with Gasteiger partial charge in [-0.15, -0.1) is 0 Å². The number of fused-ring (bicyclic) bond motifs is 1. The fourth-order valence-electron chi connectivity index (χ4n) is 3.17. The summed E-state index contributed by atoms with van der Waals surface area (Å²) in [5, 5.41) is 2.71. The molecule has 0 aliphatic heterocycles. The summed E-state index contributed by atoms with van der Waals surface area (Å²) in [7, 11) is 0.688. The Balaban J connectivity index is 2.23. The molecule has 1 aromatic carbocycles. The van der Waals surface area contributed by atoms with Crippen LogP contribution in [-0.4, -0.2) is 61.4 Å². The predicted octanol–water partition coefficient (Wildman–Crippen LogP) is 1.55. The fourth-order valence-corrected chi connectivity index (χ4v) is 4.09. The second kappa shape index (κ2) is 9.57. The van der Waals surface area contributed by atoms with Crippen molar-refractivity contribution in [2.24, 2.45) is 5.92 Å². The number of rotatable bonds is 9. The molecule has 1 N–H and O–H groups in total. The van der Waals surface area contributed by atoms with Crippen LogP contribution in [0.2, 0.25) is 0 Å². The highest BCUT2D eigenvalue weighted by Gasteiger charge is 2.25. The number of imidazole rings is 1. The number of carbonyl (C=O) groups excluding carboxylic acids is 2. The molecular weight excluding hydrogens is 408 g/mol. The third-order valence-electron chi connectivity index (χ3n) is 4.91. The molecule has 0 saturated heterocycles. The van der Waals surface area contributed by atoms with Crippen molar-refractivity contribution < 1.29 is 22.7 Å². The van der Waals surface area contributed by atoms with Crippen molar-refractivity contribution >= 4 is 32.9 Å². The van der Waals surface area contributed by atoms with Crippen LogP contribution in [0.5, 0.6) is 0 Å². The first-order chi connectivity index (χ1) is 14.0. The Morgan fingerprint density at radius 1 is 1.27 bits per heavy atom. The third kappa shape index (κ3) is 4.99. The predicted molar refractivity (Wildman–Crippen MR) is 113 cm³/mol. The number of aryl methyl sites for hydroxylation is 2. The Bertz CT molecular complexity index is 1030. The molecule has 0 spiro atoms. The molecule has 166 valence electrons. The third-order valence-corrected chi connectivity index (χ3v) is 6.72. The molecule has 0 fully saturated rings. The van der Waals surface area contributed by atoms with Crippen molar-refractivity contribution in [1.82, 2.24) is 19.2 Å². The van der Waals surface area contributed by atoms with E-state index in [4.69, 9.17) is 4.74 Å². The van der Waals surface area contributed by atoms with Crippen LogP contribution >= 0.6 is 0 Å². The molecule has 0 bridgehead atoms. The van der Waals surface area contributed by atoms with E-state index in [2.05, 4.69) is 10.3 Å². The Hall–Kier alpha value is -2.46. The molecule has 9 nitrogen and oxygen atoms in total. The van der Waals surface area contributed by atoms with Gasteiger partial charge in [-0.25, -0.2) is 22.5 Å². The number of benzene rings is 1. The van der Waals surface area contributed by atoms with Crippen molar-refractivity contribution in [3.05, 3.63) is 24.0 Å². The standard InChI is InChI=1S/C20H30N4O5S/c1-7-24-16-9-8-14(30(27,28)23(4)5)12-15(16)21-17(24)10-11-18(25)22-19(13(2)3)20(26)29-6/h8-9,12-13,19H,7,10-11H2,1-6H3,(H,22,25). The molecule has 0 aliphatic carbocycles. The van der Waals surface area contributed by atoms with E-state index in [0.29, 0.717) is 24.3 Å². The highest BCUT2D eigenvalue weighted by Crippen LogP contribution is 2.22. The maximum absolute atomic E-state index is 12.4. The number of ether oxygens (including phenoxy) is 1. The van der Waals surface area contributed by atoms with E-state index in [-0.39, 0.29) is 23.1 Å². The number of hydrogen-bond donors (Lipinski definition) is 1. The second-order valence-electron chi connectivity index (χ2n) is 7.52. The van der Waals surface area contributed by atoms with Gasteiger partial charge < -0.3 is 14.6 Å². The normalized spacial score (nSPS) is 13.1. The average Bonchev–Trinajstić information content (AvgIpc) is 3.06. The first kappa shape index (κ1) is 23.8. The van der Waals surface area contributed by atoms with Gasteiger partial charge in [-0.3, -0.25) is 4.79 Å². The molecule has 2 aromatic rings. The molecule has 2 rings (SSSR count). The maximum atomic E-state index is 12.4. The number of amides is 1. The van der Waals surface area contributed by atoms with Gasteiger partial charge in [0.1, 0.15) is 11.9 Å². The van der Waals surface area contributed by atoms with E-state index < -0.39 is 22.0 Å². The van der Waals surface area contributed by atoms with Crippen molar-refractivity contribution in [1.29, 1.82) is 0 Å². The minimum Gasteiger partial charge on any atom is -0.467 e. The monoisotopic (exact) mass is 438 g/mol. The molecule has 0 saturated carbocycles. The number of nitrogens with one attached hydrogen (secondary N) is 1. The number of aromatic nitrogens is 2. The summed E-state index contributed by atoms with van der Waals surface area (Å²) in [6, 6.07) is 4.14. The van der Waals surface area contributed by atoms with Gasteiger partial charge in [0, 0.05) is 33.5 Å². The van der Waals surface area contributed by atoms with Gasteiger partial charge in [-0.05, 0) is 31.0 Å². The summed E-state index contributed by atoms with van der Waals surface area (Å²) in [5.74, 6) is -0.168. The van der Waals surface area contributed by atoms with Gasteiger partial charge >= 0.3 is 5.97 Å². The zero-order valence-electron chi connectivity index (χ0n) is 18.3. The molecule has 1 amide bonds. The lowest BCUT2D eigenvalue weighted by molar-refractivity contribution is -0.146. The van der Waals surface area contributed by atoms with Crippen LogP contribution in [0.25, 0.3) is 11.0 Å². The summed E-state index contributed by atoms with van der Waals surface area (Å²) in [4.78, 5) is 29.0. The number of esters is 1. The Morgan fingerprint density at radius 3 is 2.47 bits per heavy atom. The van der Waals surface area contributed by atoms with Crippen LogP contribution < -0.4 is 5.32 Å². The van der Waals surface area contributed by atoms with Gasteiger partial charge in [0.2, 0.25) is 15.9 Å². The summed E-state index contributed by atoms with van der Waals surface area (Å²) in [6.45, 7) is 6.25. The topological polar surface area (TPSA) is 111 Å². The Morgan fingerprint density at radius 2 is 1.93 bits per heavy atom. The molecule has 10 heteroatoms. The Labute approximate surface area is 177 Å². The molecule has 1 unspecified atom stereocenters. The second-order valence-corrected chi connectivity index (χ2v) is 9.67. The minimum atomic E-state index is -3.56. The van der Waals surface area contributed by atoms with E-state index in [1.807, 2.05) is 25.3 Å². The summed E-state index contributed by atoms with van der Waals surface area (Å²) in [5.41, 5.74) is 1.37. The van der Waals surface area contributed by atoms with Crippen molar-refractivity contribution in [2.45, 2.75) is 51.1 Å². The molecule has 1 aromatic heterocycles. The summed E-state index contributed by atoms with van der Waals surface area (Å²) in [6.07, 6.45) is 0.502. The number of sulfonamides is 1. The molecule has 30 heavy (non-hydrogen) atoms. The Kier molecular flexibility index (Phi) is 7.59. The SMILES string of the molecule is CCn1c(CCC(=O)NC(C(=O)OC)C(C)C)nc2cc(S(=O)(=O)N(C)C)ccc21. The summed E-state index contributed by atoms with van der Waals surface area (Å²) >= 11 is 0. The van der Waals surface area contributed by atoms with E-state index >= 15 is 0 Å². The number of nitrogens with zero attached hydrogens (tertiary/aromatic N) is 3. The molecule has 1 atom stereocenters. The van der Waals surface area contributed by atoms with Gasteiger partial charge in [0.05, 0.1) is 23.0 Å². The van der Waals surface area contributed by atoms with Crippen LogP contribution in [-0.2, 0) is 37.3 Å². The van der Waals surface area contributed by atoms with Crippen LogP contribution in [0, 0.1) is 5.92 Å². The van der Waals surface area contributed by atoms with Crippen LogP contribution in [0.3, 0.4) is 0 Å². The van der Waals surface area contributed by atoms with Crippen molar-refractivity contribution in [3.63, 3.8) is 0 Å². The van der Waals surface area contributed by atoms with Crippen LogP contribution in [0.1, 0.15) is 33.0 Å². The maximum Gasteiger partial charge on any atom is 0.328 e. The summed E-state index contributed by atoms with van der Waals surface area (Å²) < 4.78 is 32.6. The quantitative estimate of drug-likeness (QED) is 0.595. The van der Waals surface area contributed by atoms with Crippen LogP contribution in [0.4, 0.5) is 0 Å². The largest absolute Gasteiger partial charge is 0.467 e. The first-order valence-corrected chi connectivity index (χ1v) is 11.3. The molecular formula is C20H30N4O5S. The smallest absolute Gasteiger partial charge is 0.328 e. The van der Waals surface area contributed by atoms with E-state index in [1.54, 1.807) is 18.2 Å². The highest BCUT2D eigenvalue weighted by atomic mass is 32.2. The number of methoxy groups -OCH3 is 1. The lowest BCUT2D eigenvalue weighted by atomic mass is 10.0. The van der Waals surface area contributed by atoms with Gasteiger partial charge in [0.25, 0.3) is 0 Å². The van der Waals surface area contributed by atoms with Crippen LogP contribution in [0.15, 0.2) is 23.1 Å². The highest BCUT2D eigenvalue weighted by molar-refractivity contribution is 7.89. The number of hydrogen-bond acceptors (Lipinski definition) is 6. The van der Waals surface area contributed by atoms with E-state index in [1.165, 1.54) is 21.2 Å². The van der Waals surface area contributed by atoms with E-state index in [0.717, 1.165) is 9.82 Å². The van der Waals surface area contributed by atoms with Crippen molar-refractivity contribution in [3.8, 4) is 0 Å². The first-order valence-electron chi connectivity index (χ1n) is 9.81. The lowest BCUT2D eigenvalue weighted by Gasteiger charge is -2.19. The minimum absolute atomic E-state index is 0.0984. The molecule has 1 heterocycles. The van der Waals surface area contributed by atoms with Gasteiger partial charge in [-0.2, -0.15) is 0 Å². The van der Waals surface area contributed by atoms with Crippen molar-refractivity contribution in [2.75, 3.05) is 21.2 Å². The number of carbonyl (C=O) groups is 2. The zero-order chi connectivity index (χ0) is 22.6. The molecule has 0 radical (unpaired) electrons. The van der Waals surface area contributed by atoms with Gasteiger partial charge in [0.15, 0.2) is 0 Å². The molecule has 0 aliphatic rings. The zero-order valence-corrected chi connectivity index (χ0v) is 19.1. The fraction of sp³-hybridized carbons (Fsp3) is 0.550. The average molecular weight is 439 g/mol. The van der Waals surface area contributed by atoms with Gasteiger partial charge in [-0.1, -0.05) is 13.8 Å².